The van der Waals surface area contributed by atoms with Gasteiger partial charge >= 0.3 is 0 Å². The molecule has 0 spiro atoms. The van der Waals surface area contributed by atoms with Gasteiger partial charge in [-0.1, -0.05) is 6.07 Å². The Morgan fingerprint density at radius 1 is 1.16 bits per heavy atom. The maximum Gasteiger partial charge on any atom is 0.251 e. The first-order valence-corrected chi connectivity index (χ1v) is 8.51. The van der Waals surface area contributed by atoms with Gasteiger partial charge in [0.05, 0.1) is 12.2 Å². The van der Waals surface area contributed by atoms with Crippen LogP contribution in [0.4, 0.5) is 0 Å². The third kappa shape index (κ3) is 3.66. The molecule has 0 aliphatic carbocycles. The average Bonchev–Trinajstić information content (AvgIpc) is 3.16. The van der Waals surface area contributed by atoms with Gasteiger partial charge in [0.1, 0.15) is 11.5 Å². The minimum atomic E-state index is -0.122. The normalized spacial score (nSPS) is 16.2. The van der Waals surface area contributed by atoms with Crippen molar-refractivity contribution in [3.63, 3.8) is 0 Å². The number of imidazole rings is 1. The lowest BCUT2D eigenvalue weighted by Gasteiger charge is -2.31. The third-order valence-corrected chi connectivity index (χ3v) is 4.60. The monoisotopic (exact) mass is 336 g/mol. The molecule has 1 aliphatic rings. The van der Waals surface area contributed by atoms with E-state index in [0.29, 0.717) is 17.4 Å². The van der Waals surface area contributed by atoms with Crippen LogP contribution in [-0.4, -0.2) is 42.9 Å². The predicted octanol–water partition coefficient (Wildman–Crippen LogP) is 1.93. The predicted molar refractivity (Wildman–Crippen MR) is 93.9 cm³/mol. The van der Waals surface area contributed by atoms with Crippen LogP contribution in [0.3, 0.4) is 0 Å². The Bertz CT molecular complexity index is 866. The van der Waals surface area contributed by atoms with Crippen LogP contribution in [0.1, 0.15) is 30.3 Å². The fourth-order valence-corrected chi connectivity index (χ4v) is 3.29. The van der Waals surface area contributed by atoms with Crippen LogP contribution in [0, 0.1) is 0 Å². The molecule has 1 aliphatic heterocycles. The SMILES string of the molecule is O=c1cc(C2CCN(Cc3ncc[nH]3)CC2)nc(-c2ccccn2)[nH]1. The second kappa shape index (κ2) is 6.98. The summed E-state index contributed by atoms with van der Waals surface area (Å²) in [5.41, 5.74) is 1.43. The second-order valence-corrected chi connectivity index (χ2v) is 6.32. The van der Waals surface area contributed by atoms with Crippen LogP contribution in [-0.2, 0) is 6.54 Å². The fraction of sp³-hybridized carbons (Fsp3) is 0.333. The summed E-state index contributed by atoms with van der Waals surface area (Å²) in [5.74, 6) is 1.84. The molecule has 7 nitrogen and oxygen atoms in total. The topological polar surface area (TPSA) is 90.6 Å². The lowest BCUT2D eigenvalue weighted by atomic mass is 9.93. The van der Waals surface area contributed by atoms with E-state index in [0.717, 1.165) is 44.0 Å². The highest BCUT2D eigenvalue weighted by Crippen LogP contribution is 2.27. The van der Waals surface area contributed by atoms with Crippen LogP contribution in [0.5, 0.6) is 0 Å². The molecule has 3 aromatic rings. The number of rotatable bonds is 4. The van der Waals surface area contributed by atoms with Gasteiger partial charge in [-0.05, 0) is 38.1 Å². The van der Waals surface area contributed by atoms with Gasteiger partial charge in [-0.3, -0.25) is 14.7 Å². The van der Waals surface area contributed by atoms with Crippen LogP contribution in [0.15, 0.2) is 47.7 Å². The quantitative estimate of drug-likeness (QED) is 0.760. The summed E-state index contributed by atoms with van der Waals surface area (Å²) in [4.78, 5) is 33.6. The van der Waals surface area contributed by atoms with E-state index in [2.05, 4.69) is 29.8 Å². The molecular formula is C18H20N6O. The van der Waals surface area contributed by atoms with Crippen LogP contribution < -0.4 is 5.56 Å². The Balaban J connectivity index is 1.48. The molecule has 0 atom stereocenters. The standard InChI is InChI=1S/C18H20N6O/c25-17-11-15(22-18(23-17)14-3-1-2-6-19-14)13-4-9-24(10-5-13)12-16-20-7-8-21-16/h1-3,6-8,11,13H,4-5,9-10,12H2,(H,20,21)(H,22,23,25). The molecule has 0 bridgehead atoms. The molecular weight excluding hydrogens is 316 g/mol. The van der Waals surface area contributed by atoms with E-state index in [-0.39, 0.29) is 5.56 Å². The molecule has 0 unspecified atom stereocenters. The van der Waals surface area contributed by atoms with Crippen molar-refractivity contribution in [1.29, 1.82) is 0 Å². The van der Waals surface area contributed by atoms with Crippen molar-refractivity contribution >= 4 is 0 Å². The molecule has 128 valence electrons. The number of aromatic nitrogens is 5. The Kier molecular flexibility index (Phi) is 4.39. The molecule has 0 aromatic carbocycles. The average molecular weight is 336 g/mol. The molecule has 0 radical (unpaired) electrons. The van der Waals surface area contributed by atoms with Gasteiger partial charge in [-0.25, -0.2) is 9.97 Å². The highest BCUT2D eigenvalue weighted by molar-refractivity contribution is 5.48. The number of nitrogens with one attached hydrogen (secondary N) is 2. The number of hydrogen-bond acceptors (Lipinski definition) is 5. The number of nitrogens with zero attached hydrogens (tertiary/aromatic N) is 4. The Hall–Kier alpha value is -2.80. The molecule has 0 saturated carbocycles. The summed E-state index contributed by atoms with van der Waals surface area (Å²) in [7, 11) is 0. The summed E-state index contributed by atoms with van der Waals surface area (Å²) < 4.78 is 0. The van der Waals surface area contributed by atoms with Gasteiger partial charge in [-0.15, -0.1) is 0 Å². The first kappa shape index (κ1) is 15.7. The minimum Gasteiger partial charge on any atom is -0.348 e. The zero-order valence-electron chi connectivity index (χ0n) is 13.9. The first-order valence-electron chi connectivity index (χ1n) is 8.51. The molecule has 25 heavy (non-hydrogen) atoms. The second-order valence-electron chi connectivity index (χ2n) is 6.32. The smallest absolute Gasteiger partial charge is 0.251 e. The summed E-state index contributed by atoms with van der Waals surface area (Å²) >= 11 is 0. The number of hydrogen-bond donors (Lipinski definition) is 2. The van der Waals surface area contributed by atoms with Gasteiger partial charge < -0.3 is 9.97 Å². The van der Waals surface area contributed by atoms with Crippen molar-refractivity contribution in [2.24, 2.45) is 0 Å². The molecule has 1 saturated heterocycles. The fourth-order valence-electron chi connectivity index (χ4n) is 3.29. The van der Waals surface area contributed by atoms with E-state index in [1.165, 1.54) is 0 Å². The van der Waals surface area contributed by atoms with Crippen molar-refractivity contribution < 1.29 is 0 Å². The number of aromatic amines is 2. The van der Waals surface area contributed by atoms with Crippen molar-refractivity contribution in [2.45, 2.75) is 25.3 Å². The summed E-state index contributed by atoms with van der Waals surface area (Å²) in [6, 6.07) is 7.22. The first-order chi connectivity index (χ1) is 12.3. The van der Waals surface area contributed by atoms with Crippen LogP contribution >= 0.6 is 0 Å². The molecule has 4 heterocycles. The van der Waals surface area contributed by atoms with E-state index < -0.39 is 0 Å². The van der Waals surface area contributed by atoms with E-state index in [1.807, 2.05) is 24.4 Å². The lowest BCUT2D eigenvalue weighted by Crippen LogP contribution is -2.33. The Labute approximate surface area is 145 Å². The zero-order valence-corrected chi connectivity index (χ0v) is 13.9. The Morgan fingerprint density at radius 2 is 2.04 bits per heavy atom. The maximum atomic E-state index is 12.1. The minimum absolute atomic E-state index is 0.122. The van der Waals surface area contributed by atoms with Crippen molar-refractivity contribution in [1.82, 2.24) is 29.8 Å². The zero-order chi connectivity index (χ0) is 17.1. The van der Waals surface area contributed by atoms with Gasteiger partial charge in [0.25, 0.3) is 5.56 Å². The van der Waals surface area contributed by atoms with Gasteiger partial charge in [0.15, 0.2) is 5.82 Å². The lowest BCUT2D eigenvalue weighted by molar-refractivity contribution is 0.199. The summed E-state index contributed by atoms with van der Waals surface area (Å²) in [6.45, 7) is 2.78. The number of piperidine rings is 1. The highest BCUT2D eigenvalue weighted by atomic mass is 16.1. The molecule has 2 N–H and O–H groups in total. The van der Waals surface area contributed by atoms with Crippen molar-refractivity contribution in [3.05, 3.63) is 64.7 Å². The Morgan fingerprint density at radius 3 is 2.76 bits per heavy atom. The molecule has 3 aromatic heterocycles. The van der Waals surface area contributed by atoms with Crippen LogP contribution in [0.2, 0.25) is 0 Å². The van der Waals surface area contributed by atoms with E-state index in [9.17, 15) is 4.79 Å². The summed E-state index contributed by atoms with van der Waals surface area (Å²) in [6.07, 6.45) is 7.30. The van der Waals surface area contributed by atoms with E-state index in [4.69, 9.17) is 0 Å². The number of likely N-dealkylation sites (tertiary alicyclic amines) is 1. The van der Waals surface area contributed by atoms with Crippen LogP contribution in [0.25, 0.3) is 11.5 Å². The van der Waals surface area contributed by atoms with Gasteiger partial charge in [0.2, 0.25) is 0 Å². The van der Waals surface area contributed by atoms with E-state index in [1.54, 1.807) is 18.5 Å². The van der Waals surface area contributed by atoms with Crippen molar-refractivity contribution in [3.8, 4) is 11.5 Å². The maximum absolute atomic E-state index is 12.1. The highest BCUT2D eigenvalue weighted by Gasteiger charge is 2.23. The third-order valence-electron chi connectivity index (χ3n) is 4.60. The van der Waals surface area contributed by atoms with Crippen molar-refractivity contribution in [2.75, 3.05) is 13.1 Å². The molecule has 1 fully saturated rings. The van der Waals surface area contributed by atoms with E-state index >= 15 is 0 Å². The van der Waals surface area contributed by atoms with Gasteiger partial charge in [0, 0.05) is 30.6 Å². The molecule has 4 rings (SSSR count). The number of H-pyrrole nitrogens is 2. The van der Waals surface area contributed by atoms with Gasteiger partial charge in [-0.2, -0.15) is 0 Å². The summed E-state index contributed by atoms with van der Waals surface area (Å²) in [5, 5.41) is 0. The number of pyridine rings is 1. The largest absolute Gasteiger partial charge is 0.348 e. The molecule has 7 heteroatoms. The molecule has 0 amide bonds.